The van der Waals surface area contributed by atoms with Crippen molar-refractivity contribution >= 4 is 24.4 Å². The fraction of sp³-hybridized carbons (Fsp3) is 0.760. The summed E-state index contributed by atoms with van der Waals surface area (Å²) in [6.07, 6.45) is 11.1. The Morgan fingerprint density at radius 3 is 2.70 bits per heavy atom. The minimum atomic E-state index is -1.71. The number of esters is 1. The lowest BCUT2D eigenvalue weighted by atomic mass is 9.45. The van der Waals surface area contributed by atoms with Crippen molar-refractivity contribution in [1.29, 1.82) is 0 Å². The van der Waals surface area contributed by atoms with E-state index in [9.17, 15) is 9.59 Å². The predicted octanol–water partition coefficient (Wildman–Crippen LogP) is 5.79. The van der Waals surface area contributed by atoms with Crippen molar-refractivity contribution in [2.75, 3.05) is 0 Å². The first-order valence-corrected chi connectivity index (χ1v) is 12.0. The lowest BCUT2D eigenvalue weighted by Crippen LogP contribution is -2.68. The highest BCUT2D eigenvalue weighted by molar-refractivity contribution is 7.81. The molecule has 4 rings (SSSR count). The van der Waals surface area contributed by atoms with Crippen LogP contribution in [-0.2, 0) is 14.3 Å². The zero-order valence-electron chi connectivity index (χ0n) is 18.7. The number of halogens is 1. The van der Waals surface area contributed by atoms with E-state index in [0.29, 0.717) is 12.8 Å². The lowest BCUT2D eigenvalue weighted by Gasteiger charge is -2.63. The van der Waals surface area contributed by atoms with Crippen LogP contribution in [-0.4, -0.2) is 28.3 Å². The summed E-state index contributed by atoms with van der Waals surface area (Å²) in [6, 6.07) is 0. The molecule has 0 aromatic rings. The molecule has 4 aliphatic rings. The Hall–Kier alpha value is -1.10. The highest BCUT2D eigenvalue weighted by Gasteiger charge is 2.73. The molecule has 0 bridgehead atoms. The molecule has 0 unspecified atom stereocenters. The summed E-state index contributed by atoms with van der Waals surface area (Å²) < 4.78 is 23.1. The van der Waals surface area contributed by atoms with Gasteiger partial charge in [-0.25, -0.2) is 4.39 Å². The smallest absolute Gasteiger partial charge is 0.303 e. The van der Waals surface area contributed by atoms with E-state index in [-0.39, 0.29) is 27.8 Å². The minimum Gasteiger partial charge on any atom is -0.459 e. The SMILES string of the molecule is CCCC[C@]1(S)CC[C@H]2[C@@H]3CCC4=CC(=O)C=C[C@]4(C)[C@@]3(F)[C@@H](OC(C)=O)C[C@@]21C. The van der Waals surface area contributed by atoms with Crippen LogP contribution < -0.4 is 0 Å². The lowest BCUT2D eigenvalue weighted by molar-refractivity contribution is -0.211. The Balaban J connectivity index is 1.82. The molecule has 3 fully saturated rings. The number of thiol groups is 1. The van der Waals surface area contributed by atoms with Crippen molar-refractivity contribution in [1.82, 2.24) is 0 Å². The standard InChI is InChI=1S/C25H35FO3S/c1-5-6-11-24(30)13-10-19-20-8-7-17-14-18(28)9-12-22(17,3)25(20,26)21(29-16(2)27)15-23(19,24)4/h9,12,14,19-21,30H,5-8,10-11,13,15H2,1-4H3/t19-,20-,21-,22-,23-,24-,25-/m0/s1. The number of fused-ring (bicyclic) bond motifs is 5. The van der Waals surface area contributed by atoms with Gasteiger partial charge < -0.3 is 4.74 Å². The molecule has 0 aliphatic heterocycles. The summed E-state index contributed by atoms with van der Waals surface area (Å²) in [5.74, 6) is -0.530. The van der Waals surface area contributed by atoms with Crippen molar-refractivity contribution in [3.8, 4) is 0 Å². The van der Waals surface area contributed by atoms with Gasteiger partial charge in [-0.1, -0.05) is 38.3 Å². The average Bonchev–Trinajstić information content (AvgIpc) is 2.93. The number of rotatable bonds is 4. The fourth-order valence-corrected chi connectivity index (χ4v) is 8.02. The van der Waals surface area contributed by atoms with Gasteiger partial charge in [-0.15, -0.1) is 0 Å². The van der Waals surface area contributed by atoms with Gasteiger partial charge in [0.05, 0.1) is 0 Å². The molecule has 0 aromatic carbocycles. The summed E-state index contributed by atoms with van der Waals surface area (Å²) in [4.78, 5) is 24.1. The van der Waals surface area contributed by atoms with Gasteiger partial charge in [0.15, 0.2) is 11.5 Å². The second-order valence-electron chi connectivity index (χ2n) is 10.5. The molecule has 3 saturated carbocycles. The van der Waals surface area contributed by atoms with Crippen LogP contribution in [0.2, 0.25) is 0 Å². The number of allylic oxidation sites excluding steroid dienone is 4. The van der Waals surface area contributed by atoms with Gasteiger partial charge in [-0.3, -0.25) is 9.59 Å². The maximum absolute atomic E-state index is 17.5. The van der Waals surface area contributed by atoms with Crippen LogP contribution >= 0.6 is 12.6 Å². The van der Waals surface area contributed by atoms with E-state index in [1.54, 1.807) is 12.2 Å². The highest BCUT2D eigenvalue weighted by atomic mass is 32.1. The molecule has 0 aromatic heterocycles. The van der Waals surface area contributed by atoms with E-state index in [4.69, 9.17) is 17.4 Å². The first kappa shape index (κ1) is 22.1. The normalized spacial score (nSPS) is 47.2. The third-order valence-corrected chi connectivity index (χ3v) is 10.1. The second kappa shape index (κ2) is 7.21. The van der Waals surface area contributed by atoms with Crippen LogP contribution in [0.3, 0.4) is 0 Å². The Bertz CT molecular complexity index is 821. The van der Waals surface area contributed by atoms with Crippen molar-refractivity contribution in [3.05, 3.63) is 23.8 Å². The first-order chi connectivity index (χ1) is 14.0. The zero-order chi connectivity index (χ0) is 21.9. The van der Waals surface area contributed by atoms with Crippen LogP contribution in [0.15, 0.2) is 23.8 Å². The predicted molar refractivity (Wildman–Crippen MR) is 119 cm³/mol. The Morgan fingerprint density at radius 1 is 1.30 bits per heavy atom. The quantitative estimate of drug-likeness (QED) is 0.450. The van der Waals surface area contributed by atoms with Gasteiger partial charge in [0, 0.05) is 23.0 Å². The molecule has 0 amide bonds. The Kier molecular flexibility index (Phi) is 5.32. The molecule has 4 aliphatic carbocycles. The monoisotopic (exact) mass is 434 g/mol. The van der Waals surface area contributed by atoms with Crippen molar-refractivity contribution in [2.24, 2.45) is 22.7 Å². The second-order valence-corrected chi connectivity index (χ2v) is 11.4. The summed E-state index contributed by atoms with van der Waals surface area (Å²) >= 11 is 5.23. The molecule has 3 nitrogen and oxygen atoms in total. The Morgan fingerprint density at radius 2 is 2.03 bits per heavy atom. The van der Waals surface area contributed by atoms with E-state index in [1.807, 2.05) is 6.92 Å². The van der Waals surface area contributed by atoms with E-state index in [0.717, 1.165) is 44.1 Å². The molecule has 0 spiro atoms. The van der Waals surface area contributed by atoms with Crippen LogP contribution in [0.4, 0.5) is 4.39 Å². The Labute approximate surface area is 185 Å². The number of unbranched alkanes of at least 4 members (excludes halogenated alkanes) is 1. The summed E-state index contributed by atoms with van der Waals surface area (Å²) in [6.45, 7) is 7.71. The van der Waals surface area contributed by atoms with Crippen molar-refractivity contribution < 1.29 is 18.7 Å². The number of alkyl halides is 1. The van der Waals surface area contributed by atoms with Gasteiger partial charge in [0.1, 0.15) is 6.10 Å². The number of ketones is 1. The summed E-state index contributed by atoms with van der Waals surface area (Å²) in [5, 5.41) is 0. The molecule has 0 saturated heterocycles. The third-order valence-electron chi connectivity index (χ3n) is 9.19. The molecule has 7 atom stereocenters. The van der Waals surface area contributed by atoms with Gasteiger partial charge in [-0.2, -0.15) is 12.6 Å². The molecule has 5 heteroatoms. The zero-order valence-corrected chi connectivity index (χ0v) is 19.6. The number of hydrogen-bond acceptors (Lipinski definition) is 4. The molecule has 0 radical (unpaired) electrons. The number of carbonyl (C=O) groups is 2. The molecular weight excluding hydrogens is 399 g/mol. The van der Waals surface area contributed by atoms with E-state index >= 15 is 4.39 Å². The first-order valence-electron chi connectivity index (χ1n) is 11.5. The van der Waals surface area contributed by atoms with E-state index in [2.05, 4.69) is 13.8 Å². The van der Waals surface area contributed by atoms with E-state index < -0.39 is 23.2 Å². The maximum atomic E-state index is 17.5. The molecule has 0 N–H and O–H groups in total. The summed E-state index contributed by atoms with van der Waals surface area (Å²) in [7, 11) is 0. The molecule has 30 heavy (non-hydrogen) atoms. The maximum Gasteiger partial charge on any atom is 0.303 e. The minimum absolute atomic E-state index is 0.0796. The molecule has 166 valence electrons. The van der Waals surface area contributed by atoms with Crippen LogP contribution in [0.5, 0.6) is 0 Å². The van der Waals surface area contributed by atoms with Gasteiger partial charge >= 0.3 is 5.97 Å². The number of hydrogen-bond donors (Lipinski definition) is 1. The van der Waals surface area contributed by atoms with Crippen molar-refractivity contribution in [2.45, 2.75) is 95.6 Å². The van der Waals surface area contributed by atoms with E-state index in [1.165, 1.54) is 13.0 Å². The fourth-order valence-electron chi connectivity index (χ4n) is 7.48. The van der Waals surface area contributed by atoms with Gasteiger partial charge in [0.25, 0.3) is 0 Å². The number of carbonyl (C=O) groups excluding carboxylic acids is 2. The van der Waals surface area contributed by atoms with Crippen molar-refractivity contribution in [3.63, 3.8) is 0 Å². The summed E-state index contributed by atoms with van der Waals surface area (Å²) in [5.41, 5.74) is -1.97. The average molecular weight is 435 g/mol. The van der Waals surface area contributed by atoms with Crippen LogP contribution in [0, 0.1) is 22.7 Å². The number of ether oxygens (including phenoxy) is 1. The topological polar surface area (TPSA) is 43.4 Å². The molecule has 0 heterocycles. The highest BCUT2D eigenvalue weighted by Crippen LogP contribution is 2.71. The largest absolute Gasteiger partial charge is 0.459 e. The van der Waals surface area contributed by atoms with Crippen LogP contribution in [0.1, 0.15) is 79.1 Å². The van der Waals surface area contributed by atoms with Gasteiger partial charge in [-0.05, 0) is 68.9 Å². The molecular formula is C25H35FO3S. The third kappa shape index (κ3) is 2.83. The van der Waals surface area contributed by atoms with Gasteiger partial charge in [0.2, 0.25) is 0 Å². The van der Waals surface area contributed by atoms with Crippen LogP contribution in [0.25, 0.3) is 0 Å².